The normalized spacial score (nSPS) is 10.7. The molecular weight excluding hydrogens is 324 g/mol. The van der Waals surface area contributed by atoms with Crippen LogP contribution in [0.5, 0.6) is 0 Å². The summed E-state index contributed by atoms with van der Waals surface area (Å²) >= 11 is 1.56. The first kappa shape index (κ1) is 17.9. The summed E-state index contributed by atoms with van der Waals surface area (Å²) in [4.78, 5) is 25.0. The molecule has 0 aliphatic heterocycles. The van der Waals surface area contributed by atoms with Crippen molar-refractivity contribution in [3.8, 4) is 0 Å². The number of hydrogen-bond donors (Lipinski definition) is 2. The van der Waals surface area contributed by atoms with Crippen molar-refractivity contribution < 1.29 is 14.3 Å². The van der Waals surface area contributed by atoms with Gasteiger partial charge in [-0.3, -0.25) is 9.59 Å². The number of anilines is 1. The Hall–Kier alpha value is -2.44. The smallest absolute Gasteiger partial charge is 0.251 e. The number of thiophene rings is 1. The minimum atomic E-state index is -0.235. The summed E-state index contributed by atoms with van der Waals surface area (Å²) in [5, 5.41) is 7.52. The van der Waals surface area contributed by atoms with E-state index in [1.54, 1.807) is 48.8 Å². The maximum Gasteiger partial charge on any atom is 0.251 e. The number of carbonyl (C=O) groups excluding carboxylic acids is 2. The molecule has 24 heavy (non-hydrogen) atoms. The summed E-state index contributed by atoms with van der Waals surface area (Å²) in [5.41, 5.74) is 1.09. The van der Waals surface area contributed by atoms with Crippen molar-refractivity contribution in [3.05, 3.63) is 58.3 Å². The van der Waals surface area contributed by atoms with Crippen molar-refractivity contribution in [2.24, 2.45) is 0 Å². The van der Waals surface area contributed by atoms with Gasteiger partial charge in [0.15, 0.2) is 0 Å². The summed E-state index contributed by atoms with van der Waals surface area (Å²) in [5.74, 6) is -0.405. The monoisotopic (exact) mass is 344 g/mol. The van der Waals surface area contributed by atoms with Crippen molar-refractivity contribution in [1.29, 1.82) is 0 Å². The summed E-state index contributed by atoms with van der Waals surface area (Å²) in [6, 6.07) is 10.7. The molecular formula is C18H20N2O3S. The Morgan fingerprint density at radius 3 is 2.88 bits per heavy atom. The summed E-state index contributed by atoms with van der Waals surface area (Å²) in [6.45, 7) is 1.15. The minimum Gasteiger partial charge on any atom is -0.385 e. The van der Waals surface area contributed by atoms with Gasteiger partial charge in [-0.2, -0.15) is 0 Å². The van der Waals surface area contributed by atoms with E-state index >= 15 is 0 Å². The Balaban J connectivity index is 1.89. The van der Waals surface area contributed by atoms with Gasteiger partial charge in [0.2, 0.25) is 5.91 Å². The highest BCUT2D eigenvalue weighted by atomic mass is 32.1. The van der Waals surface area contributed by atoms with E-state index in [2.05, 4.69) is 10.6 Å². The largest absolute Gasteiger partial charge is 0.385 e. The molecule has 1 heterocycles. The molecule has 2 amide bonds. The van der Waals surface area contributed by atoms with Crippen LogP contribution < -0.4 is 10.6 Å². The molecule has 0 radical (unpaired) electrons. The molecule has 0 saturated carbocycles. The second-order valence-electron chi connectivity index (χ2n) is 5.02. The molecule has 0 aliphatic carbocycles. The van der Waals surface area contributed by atoms with Crippen LogP contribution >= 0.6 is 11.3 Å². The van der Waals surface area contributed by atoms with Crippen LogP contribution in [0.3, 0.4) is 0 Å². The molecule has 0 aliphatic rings. The Bertz CT molecular complexity index is 696. The Morgan fingerprint density at radius 1 is 1.25 bits per heavy atom. The second-order valence-corrected chi connectivity index (χ2v) is 6.00. The van der Waals surface area contributed by atoms with Crippen LogP contribution in [0.2, 0.25) is 0 Å². The molecule has 2 aromatic rings. The third kappa shape index (κ3) is 5.98. The zero-order valence-corrected chi connectivity index (χ0v) is 14.3. The molecule has 2 N–H and O–H groups in total. The Morgan fingerprint density at radius 2 is 2.12 bits per heavy atom. The lowest BCUT2D eigenvalue weighted by atomic mass is 10.2. The van der Waals surface area contributed by atoms with Crippen LogP contribution in [0.15, 0.2) is 47.9 Å². The number of amides is 2. The van der Waals surface area contributed by atoms with Crippen LogP contribution in [0.25, 0.3) is 6.08 Å². The quantitative estimate of drug-likeness (QED) is 0.571. The lowest BCUT2D eigenvalue weighted by Crippen LogP contribution is -2.25. The van der Waals surface area contributed by atoms with Crippen LogP contribution in [0, 0.1) is 0 Å². The predicted octanol–water partition coefficient (Wildman–Crippen LogP) is 3.17. The molecule has 0 unspecified atom stereocenters. The minimum absolute atomic E-state index is 0.170. The van der Waals surface area contributed by atoms with Gasteiger partial charge in [0.05, 0.1) is 0 Å². The zero-order valence-electron chi connectivity index (χ0n) is 13.5. The van der Waals surface area contributed by atoms with Gasteiger partial charge in [0.1, 0.15) is 0 Å². The summed E-state index contributed by atoms with van der Waals surface area (Å²) < 4.78 is 4.94. The van der Waals surface area contributed by atoms with Crippen molar-refractivity contribution in [2.75, 3.05) is 25.6 Å². The third-order valence-corrected chi connectivity index (χ3v) is 3.98. The van der Waals surface area contributed by atoms with E-state index in [1.165, 1.54) is 6.08 Å². The molecule has 5 nitrogen and oxygen atoms in total. The molecule has 0 spiro atoms. The van der Waals surface area contributed by atoms with Gasteiger partial charge in [-0.1, -0.05) is 12.1 Å². The van der Waals surface area contributed by atoms with Crippen LogP contribution in [0.1, 0.15) is 21.7 Å². The van der Waals surface area contributed by atoms with Crippen molar-refractivity contribution in [1.82, 2.24) is 5.32 Å². The lowest BCUT2D eigenvalue weighted by molar-refractivity contribution is -0.111. The molecule has 1 aromatic carbocycles. The zero-order chi connectivity index (χ0) is 17.2. The molecule has 0 fully saturated rings. The fourth-order valence-electron chi connectivity index (χ4n) is 1.99. The standard InChI is InChI=1S/C18H20N2O3S/c1-23-11-4-10-19-18(22)14-5-2-6-15(13-14)20-17(21)9-8-16-7-3-12-24-16/h2-3,5-9,12-13H,4,10-11H2,1H3,(H,19,22)(H,20,21)/b9-8+. The SMILES string of the molecule is COCCCNC(=O)c1cccc(NC(=O)/C=C/c2cccs2)c1. The third-order valence-electron chi connectivity index (χ3n) is 3.15. The lowest BCUT2D eigenvalue weighted by Gasteiger charge is -2.07. The van der Waals surface area contributed by atoms with Crippen LogP contribution in [-0.4, -0.2) is 32.1 Å². The van der Waals surface area contributed by atoms with Gasteiger partial charge in [-0.25, -0.2) is 0 Å². The topological polar surface area (TPSA) is 67.4 Å². The fourth-order valence-corrected chi connectivity index (χ4v) is 2.60. The number of carbonyl (C=O) groups is 2. The van der Waals surface area contributed by atoms with Gasteiger partial charge < -0.3 is 15.4 Å². The highest BCUT2D eigenvalue weighted by molar-refractivity contribution is 7.10. The number of rotatable bonds is 8. The van der Waals surface area contributed by atoms with Gasteiger partial charge in [0.25, 0.3) is 5.91 Å². The molecule has 0 atom stereocenters. The average Bonchev–Trinajstić information content (AvgIpc) is 3.10. The maximum absolute atomic E-state index is 12.0. The summed E-state index contributed by atoms with van der Waals surface area (Å²) in [6.07, 6.45) is 3.99. The van der Waals surface area contributed by atoms with Gasteiger partial charge in [0, 0.05) is 42.5 Å². The van der Waals surface area contributed by atoms with E-state index in [1.807, 2.05) is 17.5 Å². The fraction of sp³-hybridized carbons (Fsp3) is 0.222. The van der Waals surface area contributed by atoms with E-state index in [-0.39, 0.29) is 11.8 Å². The second kappa shape index (κ2) is 9.64. The Kier molecular flexibility index (Phi) is 7.20. The number of hydrogen-bond acceptors (Lipinski definition) is 4. The van der Waals surface area contributed by atoms with Crippen molar-refractivity contribution in [3.63, 3.8) is 0 Å². The average molecular weight is 344 g/mol. The molecule has 2 rings (SSSR count). The first-order valence-electron chi connectivity index (χ1n) is 7.59. The molecule has 6 heteroatoms. The van der Waals surface area contributed by atoms with E-state index in [0.717, 1.165) is 11.3 Å². The molecule has 0 saturated heterocycles. The van der Waals surface area contributed by atoms with Crippen molar-refractivity contribution >= 4 is 34.9 Å². The molecule has 0 bridgehead atoms. The number of benzene rings is 1. The molecule has 126 valence electrons. The van der Waals surface area contributed by atoms with E-state index in [0.29, 0.717) is 24.4 Å². The van der Waals surface area contributed by atoms with Crippen LogP contribution in [-0.2, 0) is 9.53 Å². The maximum atomic E-state index is 12.0. The first-order chi connectivity index (χ1) is 11.7. The highest BCUT2D eigenvalue weighted by Gasteiger charge is 2.06. The predicted molar refractivity (Wildman–Crippen MR) is 97.3 cm³/mol. The van der Waals surface area contributed by atoms with E-state index < -0.39 is 0 Å². The highest BCUT2D eigenvalue weighted by Crippen LogP contribution is 2.12. The van der Waals surface area contributed by atoms with Crippen molar-refractivity contribution in [2.45, 2.75) is 6.42 Å². The van der Waals surface area contributed by atoms with Gasteiger partial charge >= 0.3 is 0 Å². The number of nitrogens with one attached hydrogen (secondary N) is 2. The first-order valence-corrected chi connectivity index (χ1v) is 8.47. The number of methoxy groups -OCH3 is 1. The van der Waals surface area contributed by atoms with E-state index in [9.17, 15) is 9.59 Å². The van der Waals surface area contributed by atoms with Gasteiger partial charge in [-0.05, 0) is 42.1 Å². The van der Waals surface area contributed by atoms with Crippen LogP contribution in [0.4, 0.5) is 5.69 Å². The molecule has 1 aromatic heterocycles. The number of ether oxygens (including phenoxy) is 1. The summed E-state index contributed by atoms with van der Waals surface area (Å²) in [7, 11) is 1.63. The van der Waals surface area contributed by atoms with E-state index in [4.69, 9.17) is 4.74 Å². The van der Waals surface area contributed by atoms with Gasteiger partial charge in [-0.15, -0.1) is 11.3 Å². The Labute approximate surface area is 145 Å².